The molecule has 0 radical (unpaired) electrons. The second kappa shape index (κ2) is 8.34. The number of carbonyl (C=O) groups excluding carboxylic acids is 1. The van der Waals surface area contributed by atoms with E-state index in [1.807, 2.05) is 29.8 Å². The van der Waals surface area contributed by atoms with Crippen molar-refractivity contribution in [1.29, 1.82) is 0 Å². The monoisotopic (exact) mass is 434 g/mol. The van der Waals surface area contributed by atoms with Crippen LogP contribution in [0.3, 0.4) is 0 Å². The highest BCUT2D eigenvalue weighted by Gasteiger charge is 2.21. The minimum absolute atomic E-state index is 0.0225. The molecule has 0 aliphatic carbocycles. The molecule has 0 saturated heterocycles. The molecule has 1 heterocycles. The first-order chi connectivity index (χ1) is 13.3. The van der Waals surface area contributed by atoms with Gasteiger partial charge in [0.25, 0.3) is 15.9 Å². The molecule has 0 atom stereocenters. The van der Waals surface area contributed by atoms with Gasteiger partial charge in [-0.25, -0.2) is 8.42 Å². The van der Waals surface area contributed by atoms with E-state index in [1.54, 1.807) is 36.6 Å². The molecule has 0 bridgehead atoms. The Hall–Kier alpha value is -2.35. The lowest BCUT2D eigenvalue weighted by Gasteiger charge is -2.18. The Bertz CT molecular complexity index is 1100. The van der Waals surface area contributed by atoms with Crippen LogP contribution in [0, 0.1) is 6.92 Å². The predicted molar refractivity (Wildman–Crippen MR) is 114 cm³/mol. The lowest BCUT2D eigenvalue weighted by molar-refractivity contribution is 0.0785. The predicted octanol–water partition coefficient (Wildman–Crippen LogP) is 4.78. The minimum Gasteiger partial charge on any atom is -0.337 e. The van der Waals surface area contributed by atoms with Crippen molar-refractivity contribution >= 4 is 44.6 Å². The molecule has 1 N–H and O–H groups in total. The standard InChI is InChI=1S/C20H19ClN2O3S2/c1-14-4-3-5-16(10-14)22-28(25,26)17-6-7-19(21)18(11-17)20(24)23(2)12-15-8-9-27-13-15/h3-11,13,22H,12H2,1-2H3. The molecule has 1 amide bonds. The number of nitrogens with one attached hydrogen (secondary N) is 1. The second-order valence-electron chi connectivity index (χ2n) is 6.41. The molecule has 2 aromatic carbocycles. The van der Waals surface area contributed by atoms with Gasteiger partial charge in [-0.2, -0.15) is 11.3 Å². The normalized spacial score (nSPS) is 11.2. The molecule has 0 aliphatic rings. The number of hydrogen-bond acceptors (Lipinski definition) is 4. The number of rotatable bonds is 6. The van der Waals surface area contributed by atoms with E-state index in [4.69, 9.17) is 11.6 Å². The topological polar surface area (TPSA) is 66.5 Å². The Morgan fingerprint density at radius 2 is 1.96 bits per heavy atom. The summed E-state index contributed by atoms with van der Waals surface area (Å²) in [5.41, 5.74) is 2.54. The molecular weight excluding hydrogens is 416 g/mol. The largest absolute Gasteiger partial charge is 0.337 e. The number of benzene rings is 2. The molecule has 0 saturated carbocycles. The van der Waals surface area contributed by atoms with Crippen LogP contribution in [0.25, 0.3) is 0 Å². The quantitative estimate of drug-likeness (QED) is 0.606. The van der Waals surface area contributed by atoms with Crippen LogP contribution in [0.15, 0.2) is 64.2 Å². The summed E-state index contributed by atoms with van der Waals surface area (Å²) >= 11 is 7.74. The fourth-order valence-electron chi connectivity index (χ4n) is 2.69. The summed E-state index contributed by atoms with van der Waals surface area (Å²) in [7, 11) is -2.20. The fourth-order valence-corrected chi connectivity index (χ4v) is 4.63. The molecule has 1 aromatic heterocycles. The Kier molecular flexibility index (Phi) is 6.07. The number of sulfonamides is 1. The second-order valence-corrected chi connectivity index (χ2v) is 9.28. The van der Waals surface area contributed by atoms with E-state index in [2.05, 4.69) is 4.72 Å². The van der Waals surface area contributed by atoms with Gasteiger partial charge in [0, 0.05) is 19.3 Å². The van der Waals surface area contributed by atoms with Gasteiger partial charge in [0.05, 0.1) is 15.5 Å². The summed E-state index contributed by atoms with van der Waals surface area (Å²) in [6.07, 6.45) is 0. The zero-order chi connectivity index (χ0) is 20.3. The first-order valence-electron chi connectivity index (χ1n) is 8.42. The summed E-state index contributed by atoms with van der Waals surface area (Å²) in [6, 6.07) is 13.1. The molecule has 8 heteroatoms. The van der Waals surface area contributed by atoms with E-state index in [0.717, 1.165) is 11.1 Å². The van der Waals surface area contributed by atoms with Crippen LogP contribution in [-0.2, 0) is 16.6 Å². The Morgan fingerprint density at radius 3 is 2.64 bits per heavy atom. The molecule has 28 heavy (non-hydrogen) atoms. The van der Waals surface area contributed by atoms with Gasteiger partial charge in [-0.05, 0) is 65.2 Å². The molecule has 3 aromatic rings. The highest BCUT2D eigenvalue weighted by molar-refractivity contribution is 7.92. The highest BCUT2D eigenvalue weighted by Crippen LogP contribution is 2.24. The van der Waals surface area contributed by atoms with Crippen LogP contribution < -0.4 is 4.72 Å². The fraction of sp³-hybridized carbons (Fsp3) is 0.150. The average molecular weight is 435 g/mol. The van der Waals surface area contributed by atoms with Gasteiger partial charge < -0.3 is 4.90 Å². The van der Waals surface area contributed by atoms with Crippen molar-refractivity contribution in [1.82, 2.24) is 4.90 Å². The number of anilines is 1. The highest BCUT2D eigenvalue weighted by atomic mass is 35.5. The summed E-state index contributed by atoms with van der Waals surface area (Å²) in [5.74, 6) is -0.344. The third-order valence-corrected chi connectivity index (χ3v) is 6.54. The maximum atomic E-state index is 12.8. The van der Waals surface area contributed by atoms with Crippen molar-refractivity contribution in [2.45, 2.75) is 18.4 Å². The number of hydrogen-bond donors (Lipinski definition) is 1. The Labute approximate surface area is 173 Å². The van der Waals surface area contributed by atoms with E-state index < -0.39 is 10.0 Å². The van der Waals surface area contributed by atoms with Crippen LogP contribution in [0.1, 0.15) is 21.5 Å². The first-order valence-corrected chi connectivity index (χ1v) is 11.2. The average Bonchev–Trinajstić information content (AvgIpc) is 3.14. The van der Waals surface area contributed by atoms with E-state index in [0.29, 0.717) is 12.2 Å². The van der Waals surface area contributed by atoms with Crippen LogP contribution >= 0.6 is 22.9 Å². The lowest BCUT2D eigenvalue weighted by Crippen LogP contribution is -2.26. The smallest absolute Gasteiger partial charge is 0.261 e. The van der Waals surface area contributed by atoms with Gasteiger partial charge in [-0.1, -0.05) is 23.7 Å². The van der Waals surface area contributed by atoms with Crippen molar-refractivity contribution in [3.05, 3.63) is 81.0 Å². The maximum Gasteiger partial charge on any atom is 0.261 e. The van der Waals surface area contributed by atoms with Crippen molar-refractivity contribution < 1.29 is 13.2 Å². The maximum absolute atomic E-state index is 12.8. The summed E-state index contributed by atoms with van der Waals surface area (Å²) in [5, 5.41) is 4.10. The SMILES string of the molecule is Cc1cccc(NS(=O)(=O)c2ccc(Cl)c(C(=O)N(C)Cc3ccsc3)c2)c1. The summed E-state index contributed by atoms with van der Waals surface area (Å²) in [6.45, 7) is 2.29. The molecule has 146 valence electrons. The van der Waals surface area contributed by atoms with Crippen molar-refractivity contribution in [3.63, 3.8) is 0 Å². The number of halogens is 1. The zero-order valence-electron chi connectivity index (χ0n) is 15.3. The van der Waals surface area contributed by atoms with Gasteiger partial charge in [-0.15, -0.1) is 0 Å². The minimum atomic E-state index is -3.86. The molecule has 5 nitrogen and oxygen atoms in total. The molecule has 0 fully saturated rings. The number of amides is 1. The number of thiophene rings is 1. The van der Waals surface area contributed by atoms with Crippen LogP contribution in [0.4, 0.5) is 5.69 Å². The van der Waals surface area contributed by atoms with Crippen LogP contribution in [0.2, 0.25) is 5.02 Å². The van der Waals surface area contributed by atoms with E-state index in [9.17, 15) is 13.2 Å². The molecular formula is C20H19ClN2O3S2. The molecule has 3 rings (SSSR count). The van der Waals surface area contributed by atoms with E-state index in [-0.39, 0.29) is 21.4 Å². The lowest BCUT2D eigenvalue weighted by atomic mass is 10.2. The molecule has 0 spiro atoms. The third kappa shape index (κ3) is 4.73. The van der Waals surface area contributed by atoms with Gasteiger partial charge in [0.2, 0.25) is 0 Å². The number of carbonyl (C=O) groups is 1. The van der Waals surface area contributed by atoms with Gasteiger partial charge >= 0.3 is 0 Å². The summed E-state index contributed by atoms with van der Waals surface area (Å²) < 4.78 is 28.0. The molecule has 0 aliphatic heterocycles. The molecule has 0 unspecified atom stereocenters. The van der Waals surface area contributed by atoms with Gasteiger partial charge in [0.15, 0.2) is 0 Å². The van der Waals surface area contributed by atoms with Gasteiger partial charge in [-0.3, -0.25) is 9.52 Å². The van der Waals surface area contributed by atoms with Crippen molar-refractivity contribution in [2.24, 2.45) is 0 Å². The Balaban J connectivity index is 1.86. The Morgan fingerprint density at radius 1 is 1.18 bits per heavy atom. The number of aryl methyl sites for hydroxylation is 1. The van der Waals surface area contributed by atoms with Crippen molar-refractivity contribution in [2.75, 3.05) is 11.8 Å². The summed E-state index contributed by atoms with van der Waals surface area (Å²) in [4.78, 5) is 14.3. The van der Waals surface area contributed by atoms with Crippen molar-refractivity contribution in [3.8, 4) is 0 Å². The first kappa shape index (κ1) is 20.4. The zero-order valence-corrected chi connectivity index (χ0v) is 17.7. The van der Waals surface area contributed by atoms with E-state index in [1.165, 1.54) is 23.1 Å². The van der Waals surface area contributed by atoms with Crippen LogP contribution in [0.5, 0.6) is 0 Å². The van der Waals surface area contributed by atoms with Gasteiger partial charge in [0.1, 0.15) is 0 Å². The number of nitrogens with zero attached hydrogens (tertiary/aromatic N) is 1. The third-order valence-electron chi connectivity index (χ3n) is 4.10. The van der Waals surface area contributed by atoms with Crippen LogP contribution in [-0.4, -0.2) is 26.3 Å². The van der Waals surface area contributed by atoms with E-state index >= 15 is 0 Å².